The van der Waals surface area contributed by atoms with Gasteiger partial charge in [0.25, 0.3) is 5.56 Å². The molecule has 0 aliphatic rings. The molecule has 1 heterocycles. The van der Waals surface area contributed by atoms with E-state index >= 15 is 0 Å². The van der Waals surface area contributed by atoms with Gasteiger partial charge >= 0.3 is 5.69 Å². The molecule has 0 unspecified atom stereocenters. The van der Waals surface area contributed by atoms with E-state index in [9.17, 15) is 9.59 Å². The van der Waals surface area contributed by atoms with Crippen molar-refractivity contribution < 1.29 is 4.74 Å². The zero-order valence-electron chi connectivity index (χ0n) is 20.4. The first-order valence-electron chi connectivity index (χ1n) is 11.4. The van der Waals surface area contributed by atoms with E-state index in [0.717, 1.165) is 35.1 Å². The van der Waals surface area contributed by atoms with Crippen molar-refractivity contribution in [2.24, 2.45) is 0 Å². The van der Waals surface area contributed by atoms with Crippen molar-refractivity contribution in [2.75, 3.05) is 0 Å². The molecule has 9 heteroatoms. The molecule has 35 heavy (non-hydrogen) atoms. The molecule has 1 N–H and O–H groups in total. The first kappa shape index (κ1) is 27.9. The molecule has 0 amide bonds. The first-order chi connectivity index (χ1) is 16.8. The Hall–Kier alpha value is -3.34. The topological polar surface area (TPSA) is 101 Å². The third-order valence-electron chi connectivity index (χ3n) is 4.91. The van der Waals surface area contributed by atoms with Gasteiger partial charge in [0.2, 0.25) is 5.69 Å². The number of H-pyrrole nitrogens is 1. The second-order valence-electron chi connectivity index (χ2n) is 7.34. The molecular weight excluding hydrogens is 487 g/mol. The van der Waals surface area contributed by atoms with Crippen molar-refractivity contribution in [1.29, 1.82) is 5.26 Å². The van der Waals surface area contributed by atoms with Crippen LogP contribution in [0.3, 0.4) is 0 Å². The number of allylic oxidation sites excluding steroid dienone is 2. The molecule has 3 rings (SSSR count). The van der Waals surface area contributed by atoms with Gasteiger partial charge in [0.05, 0.1) is 15.7 Å². The lowest BCUT2D eigenvalue weighted by Crippen LogP contribution is -2.33. The maximum absolute atomic E-state index is 12.2. The quantitative estimate of drug-likeness (QED) is 0.372. The molecule has 1 aromatic heterocycles. The molecule has 2 aromatic carbocycles. The summed E-state index contributed by atoms with van der Waals surface area (Å²) >= 11 is 12.8. The van der Waals surface area contributed by atoms with E-state index < -0.39 is 16.9 Å². The molecule has 0 saturated heterocycles. The maximum atomic E-state index is 12.2. The van der Waals surface area contributed by atoms with Crippen molar-refractivity contribution in [3.63, 3.8) is 0 Å². The van der Waals surface area contributed by atoms with Crippen LogP contribution in [0.4, 0.5) is 0 Å². The predicted octanol–water partition coefficient (Wildman–Crippen LogP) is 6.82. The summed E-state index contributed by atoms with van der Waals surface area (Å²) in [5, 5.41) is 13.1. The van der Waals surface area contributed by atoms with Crippen LogP contribution in [0.1, 0.15) is 63.8 Å². The minimum Gasteiger partial charge on any atom is -0.454 e. The van der Waals surface area contributed by atoms with Crippen molar-refractivity contribution in [1.82, 2.24) is 14.8 Å². The van der Waals surface area contributed by atoms with Crippen LogP contribution >= 0.6 is 23.2 Å². The van der Waals surface area contributed by atoms with Gasteiger partial charge in [-0.25, -0.2) is 4.79 Å². The summed E-state index contributed by atoms with van der Waals surface area (Å²) < 4.78 is 6.86. The van der Waals surface area contributed by atoms with Crippen LogP contribution < -0.4 is 16.0 Å². The van der Waals surface area contributed by atoms with Crippen LogP contribution in [0.2, 0.25) is 10.0 Å². The number of benzene rings is 2. The Morgan fingerprint density at radius 1 is 1.17 bits per heavy atom. The van der Waals surface area contributed by atoms with E-state index in [1.807, 2.05) is 37.0 Å². The molecule has 0 fully saturated rings. The number of nitrogens with zero attached hydrogens (tertiary/aromatic N) is 3. The van der Waals surface area contributed by atoms with Gasteiger partial charge in [-0.05, 0) is 60.7 Å². The highest BCUT2D eigenvalue weighted by Gasteiger charge is 2.16. The smallest absolute Gasteiger partial charge is 0.349 e. The number of nitrogens with one attached hydrogen (secondary N) is 1. The average molecular weight is 515 g/mol. The summed E-state index contributed by atoms with van der Waals surface area (Å²) in [6.07, 6.45) is 5.14. The number of aromatic nitrogens is 3. The molecule has 0 saturated carbocycles. The number of nitriles is 1. The van der Waals surface area contributed by atoms with E-state index in [1.165, 1.54) is 17.7 Å². The average Bonchev–Trinajstić information content (AvgIpc) is 2.83. The Morgan fingerprint density at radius 3 is 2.40 bits per heavy atom. The van der Waals surface area contributed by atoms with Crippen LogP contribution in [-0.4, -0.2) is 14.8 Å². The van der Waals surface area contributed by atoms with Gasteiger partial charge in [-0.15, -0.1) is 5.10 Å². The molecular formula is C26H28Cl2N4O3. The second-order valence-corrected chi connectivity index (χ2v) is 8.15. The van der Waals surface area contributed by atoms with Crippen molar-refractivity contribution in [2.45, 2.75) is 53.9 Å². The number of halogens is 2. The molecule has 0 aliphatic carbocycles. The highest BCUT2D eigenvalue weighted by atomic mass is 35.5. The van der Waals surface area contributed by atoms with Crippen molar-refractivity contribution in [3.8, 4) is 23.3 Å². The van der Waals surface area contributed by atoms with Gasteiger partial charge in [-0.1, -0.05) is 69.5 Å². The van der Waals surface area contributed by atoms with Crippen LogP contribution in [0.25, 0.3) is 11.3 Å². The van der Waals surface area contributed by atoms with Gasteiger partial charge < -0.3 is 4.74 Å². The Kier molecular flexibility index (Phi) is 10.3. The predicted molar refractivity (Wildman–Crippen MR) is 141 cm³/mol. The first-order valence-corrected chi connectivity index (χ1v) is 12.2. The van der Waals surface area contributed by atoms with Gasteiger partial charge in [-0.3, -0.25) is 9.78 Å². The summed E-state index contributed by atoms with van der Waals surface area (Å²) in [4.78, 5) is 25.8. The minimum absolute atomic E-state index is 0.135. The Morgan fingerprint density at radius 2 is 1.83 bits per heavy atom. The molecule has 0 radical (unpaired) electrons. The fourth-order valence-electron chi connectivity index (χ4n) is 3.41. The standard InChI is InChI=1S/C24H22Cl2N4O3.C2H6/c1-4-6-15(7-5-2)18-12-17(9-8-14(18)3)33-22-19(25)10-16(11-20(22)26)30-24(32)28-23(31)21(13-27)29-30;1-2/h6,8-12H,4-5,7H2,1-3H3,(H,28,31,32);1-2H3/b15-6-;. The Labute approximate surface area is 214 Å². The zero-order valence-corrected chi connectivity index (χ0v) is 21.9. The van der Waals surface area contributed by atoms with E-state index in [-0.39, 0.29) is 21.5 Å². The SMILES string of the molecule is CC.CC/C=C(/CCC)c1cc(Oc2c(Cl)cc(-n3nc(C#N)c(=O)[nH]c3=O)cc2Cl)ccc1C. The zero-order chi connectivity index (χ0) is 26.1. The van der Waals surface area contributed by atoms with Crippen molar-refractivity contribution in [3.05, 3.63) is 84.1 Å². The molecule has 0 bridgehead atoms. The molecule has 0 spiro atoms. The van der Waals surface area contributed by atoms with Crippen LogP contribution in [-0.2, 0) is 0 Å². The highest BCUT2D eigenvalue weighted by molar-refractivity contribution is 6.37. The maximum Gasteiger partial charge on any atom is 0.349 e. The number of aromatic amines is 1. The summed E-state index contributed by atoms with van der Waals surface area (Å²) in [5.41, 5.74) is 1.52. The number of hydrogen-bond donors (Lipinski definition) is 1. The number of rotatable bonds is 7. The Balaban J connectivity index is 0.00000210. The van der Waals surface area contributed by atoms with E-state index in [1.54, 1.807) is 6.07 Å². The summed E-state index contributed by atoms with van der Waals surface area (Å²) in [5.74, 6) is 0.780. The number of hydrogen-bond acceptors (Lipinski definition) is 5. The van der Waals surface area contributed by atoms with E-state index in [2.05, 4.69) is 31.9 Å². The summed E-state index contributed by atoms with van der Waals surface area (Å²) in [6, 6.07) is 10.2. The van der Waals surface area contributed by atoms with Crippen molar-refractivity contribution >= 4 is 28.8 Å². The monoisotopic (exact) mass is 514 g/mol. The molecule has 0 aliphatic heterocycles. The van der Waals surface area contributed by atoms with Crippen LogP contribution in [0.5, 0.6) is 11.5 Å². The van der Waals surface area contributed by atoms with Crippen LogP contribution in [0.15, 0.2) is 46.0 Å². The number of ether oxygens (including phenoxy) is 1. The van der Waals surface area contributed by atoms with Gasteiger partial charge in [0, 0.05) is 0 Å². The molecule has 184 valence electrons. The van der Waals surface area contributed by atoms with Gasteiger partial charge in [-0.2, -0.15) is 9.94 Å². The molecule has 0 atom stereocenters. The Bertz CT molecular complexity index is 1360. The van der Waals surface area contributed by atoms with Crippen LogP contribution in [0, 0.1) is 18.3 Å². The second kappa shape index (κ2) is 12.9. The fraction of sp³-hybridized carbons (Fsp3) is 0.308. The minimum atomic E-state index is -0.870. The lowest BCUT2D eigenvalue weighted by atomic mass is 9.96. The lowest BCUT2D eigenvalue weighted by Gasteiger charge is -2.15. The van der Waals surface area contributed by atoms with E-state index in [4.69, 9.17) is 33.2 Å². The summed E-state index contributed by atoms with van der Waals surface area (Å²) in [6.45, 7) is 10.3. The normalized spacial score (nSPS) is 10.9. The number of aryl methyl sites for hydroxylation is 1. The van der Waals surface area contributed by atoms with Gasteiger partial charge in [0.1, 0.15) is 11.8 Å². The largest absolute Gasteiger partial charge is 0.454 e. The summed E-state index contributed by atoms with van der Waals surface area (Å²) in [7, 11) is 0. The molecule has 7 nitrogen and oxygen atoms in total. The lowest BCUT2D eigenvalue weighted by molar-refractivity contribution is 0.482. The molecule has 3 aromatic rings. The van der Waals surface area contributed by atoms with Gasteiger partial charge in [0.15, 0.2) is 5.75 Å². The van der Waals surface area contributed by atoms with E-state index in [0.29, 0.717) is 5.75 Å². The fourth-order valence-corrected chi connectivity index (χ4v) is 3.96. The third kappa shape index (κ3) is 6.62. The third-order valence-corrected chi connectivity index (χ3v) is 5.47. The highest BCUT2D eigenvalue weighted by Crippen LogP contribution is 2.39.